The first-order valence-corrected chi connectivity index (χ1v) is 16.1. The van der Waals surface area contributed by atoms with E-state index in [-0.39, 0.29) is 51.2 Å². The second-order valence-corrected chi connectivity index (χ2v) is 12.9. The van der Waals surface area contributed by atoms with Crippen molar-refractivity contribution in [2.45, 2.75) is 174 Å². The van der Waals surface area contributed by atoms with Crippen LogP contribution in [0.1, 0.15) is 152 Å². The van der Waals surface area contributed by atoms with E-state index in [9.17, 15) is 14.4 Å². The molecule has 0 aliphatic rings. The molecule has 0 aromatic carbocycles. The highest BCUT2D eigenvalue weighted by Crippen LogP contribution is 2.34. The van der Waals surface area contributed by atoms with Crippen LogP contribution in [0.2, 0.25) is 0 Å². The van der Waals surface area contributed by atoms with Crippen molar-refractivity contribution in [3.8, 4) is 0 Å². The molecule has 0 rings (SSSR count). The lowest BCUT2D eigenvalue weighted by molar-refractivity contribution is -0.169. The highest BCUT2D eigenvalue weighted by molar-refractivity contribution is 5.80. The van der Waals surface area contributed by atoms with Crippen molar-refractivity contribution in [3.05, 3.63) is 0 Å². The Kier molecular flexibility index (Phi) is 18.6. The first-order chi connectivity index (χ1) is 19.5. The molecule has 248 valence electrons. The van der Waals surface area contributed by atoms with Gasteiger partial charge in [0, 0.05) is 0 Å². The zero-order valence-corrected chi connectivity index (χ0v) is 27.7. The molecule has 0 amide bonds. The molecular formula is C33H59F3O6. The summed E-state index contributed by atoms with van der Waals surface area (Å²) in [5, 5.41) is 0. The van der Waals surface area contributed by atoms with Crippen molar-refractivity contribution in [2.75, 3.05) is 13.2 Å². The monoisotopic (exact) mass is 608 g/mol. The summed E-state index contributed by atoms with van der Waals surface area (Å²) in [6.45, 7) is 13.8. The Morgan fingerprint density at radius 1 is 0.643 bits per heavy atom. The standard InChI is InChI=1S/C33H59F3O6/c1-9-13-15-16-24-40-29(39)33(36,22-17-20-31(8,34)27(37)42-30(5,6)7)23-18-21-32(35,12-4)28(38)41-25-26(11-3)19-14-10-2/h26H,9-25H2,1-8H3. The quantitative estimate of drug-likeness (QED) is 0.0654. The number of carbonyl (C=O) groups excluding carboxylic acids is 3. The summed E-state index contributed by atoms with van der Waals surface area (Å²) >= 11 is 0. The van der Waals surface area contributed by atoms with Crippen LogP contribution in [0.3, 0.4) is 0 Å². The molecule has 6 nitrogen and oxygen atoms in total. The number of alkyl halides is 3. The van der Waals surface area contributed by atoms with Gasteiger partial charge in [-0.1, -0.05) is 66.2 Å². The van der Waals surface area contributed by atoms with Gasteiger partial charge in [0.15, 0.2) is 0 Å². The number of esters is 3. The largest absolute Gasteiger partial charge is 0.463 e. The Morgan fingerprint density at radius 3 is 1.71 bits per heavy atom. The van der Waals surface area contributed by atoms with Crippen LogP contribution in [-0.4, -0.2) is 53.7 Å². The molecule has 0 aromatic heterocycles. The highest BCUT2D eigenvalue weighted by Gasteiger charge is 2.44. The fraction of sp³-hybridized carbons (Fsp3) is 0.909. The third-order valence-electron chi connectivity index (χ3n) is 7.71. The van der Waals surface area contributed by atoms with E-state index in [1.54, 1.807) is 20.8 Å². The van der Waals surface area contributed by atoms with E-state index >= 15 is 13.2 Å². The van der Waals surface area contributed by atoms with Gasteiger partial charge in [-0.05, 0) is 91.4 Å². The number of hydrogen-bond acceptors (Lipinski definition) is 6. The van der Waals surface area contributed by atoms with Gasteiger partial charge >= 0.3 is 17.9 Å². The van der Waals surface area contributed by atoms with Crippen molar-refractivity contribution >= 4 is 17.9 Å². The van der Waals surface area contributed by atoms with Crippen LogP contribution in [0.5, 0.6) is 0 Å². The molecule has 0 saturated carbocycles. The van der Waals surface area contributed by atoms with E-state index in [1.807, 2.05) is 13.8 Å². The number of unbranched alkanes of at least 4 members (excludes halogenated alkanes) is 4. The fourth-order valence-electron chi connectivity index (χ4n) is 4.63. The lowest BCUT2D eigenvalue weighted by Crippen LogP contribution is -2.40. The summed E-state index contributed by atoms with van der Waals surface area (Å²) in [5.74, 6) is -2.94. The van der Waals surface area contributed by atoms with E-state index in [1.165, 1.54) is 6.92 Å². The molecule has 4 atom stereocenters. The molecule has 0 fully saturated rings. The van der Waals surface area contributed by atoms with Gasteiger partial charge in [0.05, 0.1) is 13.2 Å². The summed E-state index contributed by atoms with van der Waals surface area (Å²) in [4.78, 5) is 37.8. The zero-order chi connectivity index (χ0) is 32.5. The predicted molar refractivity (Wildman–Crippen MR) is 160 cm³/mol. The topological polar surface area (TPSA) is 78.9 Å². The average molecular weight is 609 g/mol. The van der Waals surface area contributed by atoms with Crippen LogP contribution in [0.15, 0.2) is 0 Å². The molecule has 0 spiro atoms. The molecule has 0 saturated heterocycles. The molecule has 0 N–H and O–H groups in total. The van der Waals surface area contributed by atoms with Gasteiger partial charge in [0.2, 0.25) is 17.0 Å². The number of rotatable bonds is 23. The first kappa shape index (κ1) is 40.2. The predicted octanol–water partition coefficient (Wildman–Crippen LogP) is 9.11. The summed E-state index contributed by atoms with van der Waals surface area (Å²) in [6.07, 6.45) is 5.21. The second kappa shape index (κ2) is 19.5. The minimum atomic E-state index is -2.51. The maximum Gasteiger partial charge on any atom is 0.344 e. The Bertz CT molecular complexity index is 797. The van der Waals surface area contributed by atoms with Crippen molar-refractivity contribution in [1.29, 1.82) is 0 Å². The molecule has 0 aliphatic carbocycles. The third-order valence-corrected chi connectivity index (χ3v) is 7.71. The molecular weight excluding hydrogens is 549 g/mol. The SMILES string of the molecule is CCCCCCOC(=O)C(F)(CCCC(C)(F)C(=O)OC(C)(C)C)CCCC(F)(CC)C(=O)OCC(CC)CCCC. The molecule has 0 aliphatic heterocycles. The van der Waals surface area contributed by atoms with E-state index in [0.717, 1.165) is 51.9 Å². The van der Waals surface area contributed by atoms with Crippen molar-refractivity contribution in [1.82, 2.24) is 0 Å². The summed E-state index contributed by atoms with van der Waals surface area (Å²) in [7, 11) is 0. The number of hydrogen-bond donors (Lipinski definition) is 0. The third kappa shape index (κ3) is 15.6. The zero-order valence-electron chi connectivity index (χ0n) is 27.7. The van der Waals surface area contributed by atoms with Crippen LogP contribution >= 0.6 is 0 Å². The van der Waals surface area contributed by atoms with Gasteiger partial charge in [-0.2, -0.15) is 0 Å². The minimum absolute atomic E-state index is 0.0498. The van der Waals surface area contributed by atoms with Gasteiger partial charge in [0.1, 0.15) is 5.60 Å². The Hall–Kier alpha value is -1.80. The molecule has 0 bridgehead atoms. The number of halogens is 3. The lowest BCUT2D eigenvalue weighted by Gasteiger charge is -2.28. The van der Waals surface area contributed by atoms with Crippen LogP contribution in [0.4, 0.5) is 13.2 Å². The van der Waals surface area contributed by atoms with Crippen LogP contribution in [0, 0.1) is 5.92 Å². The van der Waals surface area contributed by atoms with Crippen LogP contribution < -0.4 is 0 Å². The number of carbonyl (C=O) groups is 3. The van der Waals surface area contributed by atoms with Gasteiger partial charge < -0.3 is 14.2 Å². The van der Waals surface area contributed by atoms with Crippen molar-refractivity contribution in [2.24, 2.45) is 5.92 Å². The Labute approximate surface area is 253 Å². The molecule has 4 unspecified atom stereocenters. The van der Waals surface area contributed by atoms with E-state index in [0.29, 0.717) is 6.42 Å². The summed E-state index contributed by atoms with van der Waals surface area (Å²) in [5.41, 5.74) is -8.07. The number of ether oxygens (including phenoxy) is 3. The van der Waals surface area contributed by atoms with Crippen LogP contribution in [0.25, 0.3) is 0 Å². The van der Waals surface area contributed by atoms with E-state index in [2.05, 4.69) is 6.92 Å². The highest BCUT2D eigenvalue weighted by atomic mass is 19.2. The Balaban J connectivity index is 5.38. The minimum Gasteiger partial charge on any atom is -0.463 e. The maximum absolute atomic E-state index is 16.2. The van der Waals surface area contributed by atoms with Crippen molar-refractivity contribution in [3.63, 3.8) is 0 Å². The molecule has 0 radical (unpaired) electrons. The molecule has 0 heterocycles. The Morgan fingerprint density at radius 2 is 1.19 bits per heavy atom. The summed E-state index contributed by atoms with van der Waals surface area (Å²) in [6, 6.07) is 0. The van der Waals surface area contributed by atoms with Gasteiger partial charge in [-0.25, -0.2) is 27.6 Å². The first-order valence-electron chi connectivity index (χ1n) is 16.1. The fourth-order valence-corrected chi connectivity index (χ4v) is 4.63. The smallest absolute Gasteiger partial charge is 0.344 e. The maximum atomic E-state index is 16.2. The van der Waals surface area contributed by atoms with Crippen molar-refractivity contribution < 1.29 is 41.8 Å². The second-order valence-electron chi connectivity index (χ2n) is 12.9. The molecule has 42 heavy (non-hydrogen) atoms. The summed E-state index contributed by atoms with van der Waals surface area (Å²) < 4.78 is 62.6. The van der Waals surface area contributed by atoms with Gasteiger partial charge in [-0.15, -0.1) is 0 Å². The lowest BCUT2D eigenvalue weighted by atomic mass is 9.87. The average Bonchev–Trinajstić information content (AvgIpc) is 2.91. The molecule has 0 aromatic rings. The van der Waals surface area contributed by atoms with Gasteiger partial charge in [0.25, 0.3) is 0 Å². The molecule has 9 heteroatoms. The van der Waals surface area contributed by atoms with E-state index < -0.39 is 53.4 Å². The van der Waals surface area contributed by atoms with Gasteiger partial charge in [-0.3, -0.25) is 0 Å². The van der Waals surface area contributed by atoms with E-state index in [4.69, 9.17) is 14.2 Å². The normalized spacial score (nSPS) is 16.9. The van der Waals surface area contributed by atoms with Crippen LogP contribution in [-0.2, 0) is 28.6 Å².